The van der Waals surface area contributed by atoms with E-state index in [0.717, 1.165) is 22.3 Å². The van der Waals surface area contributed by atoms with E-state index in [0.29, 0.717) is 11.5 Å². The summed E-state index contributed by atoms with van der Waals surface area (Å²) < 4.78 is 0. The second-order valence-electron chi connectivity index (χ2n) is 5.91. The van der Waals surface area contributed by atoms with Crippen molar-refractivity contribution in [3.05, 3.63) is 58.7 Å². The van der Waals surface area contributed by atoms with Crippen LogP contribution in [0.1, 0.15) is 36.1 Å². The summed E-state index contributed by atoms with van der Waals surface area (Å²) in [6.07, 6.45) is -1.83. The maximum absolute atomic E-state index is 9.63. The Morgan fingerprint density at radius 3 is 1.39 bits per heavy atom. The van der Waals surface area contributed by atoms with Gasteiger partial charge in [-0.15, -0.1) is 0 Å². The van der Waals surface area contributed by atoms with Gasteiger partial charge in [0.2, 0.25) is 0 Å². The lowest BCUT2D eigenvalue weighted by Crippen LogP contribution is -2.19. The molecule has 0 aliphatic carbocycles. The summed E-state index contributed by atoms with van der Waals surface area (Å²) in [5, 5.41) is 33.2. The smallest absolute Gasteiger partial charge is 0.503 e. The van der Waals surface area contributed by atoms with Crippen LogP contribution in [-0.2, 0) is 5.41 Å². The van der Waals surface area contributed by atoms with E-state index in [1.165, 1.54) is 0 Å². The summed E-state index contributed by atoms with van der Waals surface area (Å²) in [6, 6.07) is 11.4. The lowest BCUT2D eigenvalue weighted by Gasteiger charge is -2.27. The third-order valence-corrected chi connectivity index (χ3v) is 3.84. The van der Waals surface area contributed by atoms with Crippen LogP contribution in [0.3, 0.4) is 0 Å². The highest BCUT2D eigenvalue weighted by Gasteiger charge is 2.24. The van der Waals surface area contributed by atoms with Crippen molar-refractivity contribution in [2.24, 2.45) is 0 Å². The van der Waals surface area contributed by atoms with Crippen LogP contribution in [0.4, 0.5) is 4.79 Å². The predicted molar refractivity (Wildman–Crippen MR) is 88.5 cm³/mol. The van der Waals surface area contributed by atoms with Crippen LogP contribution in [0.2, 0.25) is 0 Å². The van der Waals surface area contributed by atoms with Gasteiger partial charge in [-0.3, -0.25) is 0 Å². The van der Waals surface area contributed by atoms with E-state index >= 15 is 0 Å². The van der Waals surface area contributed by atoms with E-state index in [1.807, 2.05) is 38.1 Å². The van der Waals surface area contributed by atoms with Crippen LogP contribution in [-0.4, -0.2) is 26.6 Å². The first kappa shape index (κ1) is 18.4. The molecule has 0 saturated carbocycles. The zero-order valence-electron chi connectivity index (χ0n) is 13.7. The Labute approximate surface area is 135 Å². The SMILES string of the molecule is Cc1cc(C(C)(C)c2ccc(O)c(C)c2)ccc1O.O=C(O)O. The molecule has 0 aromatic heterocycles. The van der Waals surface area contributed by atoms with Gasteiger partial charge in [-0.1, -0.05) is 38.1 Å². The molecule has 5 nitrogen and oxygen atoms in total. The molecule has 2 aromatic carbocycles. The van der Waals surface area contributed by atoms with Crippen molar-refractivity contribution >= 4 is 6.16 Å². The van der Waals surface area contributed by atoms with E-state index < -0.39 is 6.16 Å². The molecular weight excluding hydrogens is 296 g/mol. The molecule has 4 N–H and O–H groups in total. The zero-order chi connectivity index (χ0) is 17.8. The molecule has 0 unspecified atom stereocenters. The van der Waals surface area contributed by atoms with Crippen LogP contribution in [0.15, 0.2) is 36.4 Å². The number of hydrogen-bond donors (Lipinski definition) is 4. The van der Waals surface area contributed by atoms with Gasteiger partial charge in [0.25, 0.3) is 0 Å². The first-order chi connectivity index (χ1) is 10.6. The molecule has 0 radical (unpaired) electrons. The standard InChI is InChI=1S/C17H20O2.CH2O3/c1-11-9-13(5-7-15(11)18)17(3,4)14-6-8-16(19)12(2)10-14;2-1(3)4/h5-10,18-19H,1-4H3;(H2,2,3,4). The topological polar surface area (TPSA) is 98.0 Å². The van der Waals surface area contributed by atoms with Gasteiger partial charge >= 0.3 is 6.16 Å². The maximum atomic E-state index is 9.63. The Kier molecular flexibility index (Phi) is 5.62. The molecule has 0 bridgehead atoms. The van der Waals surface area contributed by atoms with E-state index in [2.05, 4.69) is 13.8 Å². The number of phenolic OH excluding ortho intramolecular Hbond substituents is 2. The number of benzene rings is 2. The first-order valence-electron chi connectivity index (χ1n) is 7.07. The van der Waals surface area contributed by atoms with Crippen LogP contribution in [0, 0.1) is 13.8 Å². The Balaban J connectivity index is 0.000000593. The number of carbonyl (C=O) groups is 1. The average molecular weight is 318 g/mol. The second-order valence-corrected chi connectivity index (χ2v) is 5.91. The maximum Gasteiger partial charge on any atom is 0.503 e. The normalized spacial score (nSPS) is 10.6. The summed E-state index contributed by atoms with van der Waals surface area (Å²) in [4.78, 5) is 8.56. The molecule has 0 aliphatic rings. The molecule has 23 heavy (non-hydrogen) atoms. The Morgan fingerprint density at radius 2 is 1.13 bits per heavy atom. The number of aryl methyl sites for hydroxylation is 2. The van der Waals surface area contributed by atoms with Crippen LogP contribution < -0.4 is 0 Å². The summed E-state index contributed by atoms with van der Waals surface area (Å²) in [6.45, 7) is 8.09. The number of hydrogen-bond acceptors (Lipinski definition) is 3. The summed E-state index contributed by atoms with van der Waals surface area (Å²) in [5.74, 6) is 0.642. The van der Waals surface area contributed by atoms with E-state index in [9.17, 15) is 10.2 Å². The van der Waals surface area contributed by atoms with Crippen molar-refractivity contribution in [2.75, 3.05) is 0 Å². The molecule has 0 fully saturated rings. The highest BCUT2D eigenvalue weighted by Crippen LogP contribution is 2.35. The van der Waals surface area contributed by atoms with Gasteiger partial charge in [0.15, 0.2) is 0 Å². The first-order valence-corrected chi connectivity index (χ1v) is 7.07. The minimum atomic E-state index is -1.83. The zero-order valence-corrected chi connectivity index (χ0v) is 13.7. The van der Waals surface area contributed by atoms with Crippen LogP contribution in [0.25, 0.3) is 0 Å². The molecule has 0 atom stereocenters. The molecule has 0 spiro atoms. The summed E-state index contributed by atoms with van der Waals surface area (Å²) in [5.41, 5.74) is 3.87. The fraction of sp³-hybridized carbons (Fsp3) is 0.278. The van der Waals surface area contributed by atoms with Gasteiger partial charge in [0, 0.05) is 5.41 Å². The fourth-order valence-electron chi connectivity index (χ4n) is 2.26. The molecule has 5 heteroatoms. The predicted octanol–water partition coefficient (Wildman–Crippen LogP) is 4.26. The molecule has 0 aliphatic heterocycles. The number of rotatable bonds is 2. The Hall–Kier alpha value is -2.69. The highest BCUT2D eigenvalue weighted by atomic mass is 16.6. The van der Waals surface area contributed by atoms with Gasteiger partial charge < -0.3 is 20.4 Å². The van der Waals surface area contributed by atoms with E-state index in [1.54, 1.807) is 12.1 Å². The van der Waals surface area contributed by atoms with Crippen molar-refractivity contribution in [1.82, 2.24) is 0 Å². The molecular formula is C18H22O5. The molecule has 2 aromatic rings. The average Bonchev–Trinajstić information content (AvgIpc) is 2.44. The van der Waals surface area contributed by atoms with Crippen LogP contribution in [0.5, 0.6) is 11.5 Å². The van der Waals surface area contributed by atoms with Gasteiger partial charge in [-0.2, -0.15) is 0 Å². The summed E-state index contributed by atoms with van der Waals surface area (Å²) >= 11 is 0. The van der Waals surface area contributed by atoms with Gasteiger partial charge in [-0.05, 0) is 48.2 Å². The van der Waals surface area contributed by atoms with Crippen LogP contribution >= 0.6 is 0 Å². The Bertz CT molecular complexity index is 647. The lowest BCUT2D eigenvalue weighted by molar-refractivity contribution is 0.137. The molecule has 0 saturated heterocycles. The minimum Gasteiger partial charge on any atom is -0.508 e. The largest absolute Gasteiger partial charge is 0.508 e. The molecule has 0 amide bonds. The third-order valence-electron chi connectivity index (χ3n) is 3.84. The number of carboxylic acid groups (broad SMARTS) is 2. The van der Waals surface area contributed by atoms with Crippen molar-refractivity contribution in [1.29, 1.82) is 0 Å². The number of phenols is 2. The third kappa shape index (κ3) is 4.64. The molecule has 124 valence electrons. The quantitative estimate of drug-likeness (QED) is 0.663. The monoisotopic (exact) mass is 318 g/mol. The summed E-state index contributed by atoms with van der Waals surface area (Å²) in [7, 11) is 0. The molecule has 0 heterocycles. The van der Waals surface area contributed by atoms with E-state index in [4.69, 9.17) is 15.0 Å². The fourth-order valence-corrected chi connectivity index (χ4v) is 2.26. The van der Waals surface area contributed by atoms with Gasteiger partial charge in [0.1, 0.15) is 11.5 Å². The number of aromatic hydroxyl groups is 2. The van der Waals surface area contributed by atoms with Crippen molar-refractivity contribution in [3.63, 3.8) is 0 Å². The molecule has 2 rings (SSSR count). The van der Waals surface area contributed by atoms with Gasteiger partial charge in [-0.25, -0.2) is 4.79 Å². The van der Waals surface area contributed by atoms with Crippen molar-refractivity contribution in [2.45, 2.75) is 33.1 Å². The van der Waals surface area contributed by atoms with Crippen molar-refractivity contribution in [3.8, 4) is 11.5 Å². The van der Waals surface area contributed by atoms with Crippen molar-refractivity contribution < 1.29 is 25.2 Å². The Morgan fingerprint density at radius 1 is 0.826 bits per heavy atom. The van der Waals surface area contributed by atoms with E-state index in [-0.39, 0.29) is 5.41 Å². The lowest BCUT2D eigenvalue weighted by atomic mass is 9.77. The van der Waals surface area contributed by atoms with Gasteiger partial charge in [0.05, 0.1) is 0 Å². The highest BCUT2D eigenvalue weighted by molar-refractivity contribution is 5.53. The second kappa shape index (κ2) is 7.05. The minimum absolute atomic E-state index is 0.170.